The molecule has 0 spiro atoms. The highest BCUT2D eigenvalue weighted by atomic mass is 127. The first kappa shape index (κ1) is 16.3. The second-order valence-corrected chi connectivity index (χ2v) is 5.79. The summed E-state index contributed by atoms with van der Waals surface area (Å²) >= 11 is 2.17. The van der Waals surface area contributed by atoms with Gasteiger partial charge in [0.1, 0.15) is 11.5 Å². The summed E-state index contributed by atoms with van der Waals surface area (Å²) in [6.45, 7) is 0. The average molecular weight is 406 g/mol. The van der Waals surface area contributed by atoms with Crippen LogP contribution in [0.3, 0.4) is 0 Å². The van der Waals surface area contributed by atoms with Crippen molar-refractivity contribution < 1.29 is 14.6 Å². The number of ether oxygens (including phenoxy) is 1. The fraction of sp³-hybridized carbons (Fsp3) is 0.0556. The Bertz CT molecular complexity index is 698. The maximum absolute atomic E-state index is 12.0. The van der Waals surface area contributed by atoms with Crippen LogP contribution in [0.15, 0.2) is 66.4 Å². The molecule has 2 aromatic rings. The molecule has 0 unspecified atom stereocenters. The number of rotatable bonds is 5. The third kappa shape index (κ3) is 4.73. The molecule has 0 amide bonds. The molecule has 2 aromatic carbocycles. The molecule has 0 aliphatic heterocycles. The van der Waals surface area contributed by atoms with E-state index in [1.54, 1.807) is 25.3 Å². The SMILES string of the molecule is COc1ccc(/C=C/C(O)=C/C(=O)c2ccc(I)cc2)cc1. The van der Waals surface area contributed by atoms with Gasteiger partial charge < -0.3 is 9.84 Å². The van der Waals surface area contributed by atoms with Crippen LogP contribution in [0.2, 0.25) is 0 Å². The maximum Gasteiger partial charge on any atom is 0.189 e. The van der Waals surface area contributed by atoms with Gasteiger partial charge in [-0.15, -0.1) is 0 Å². The van der Waals surface area contributed by atoms with Gasteiger partial charge in [-0.3, -0.25) is 4.79 Å². The number of carbonyl (C=O) groups is 1. The summed E-state index contributed by atoms with van der Waals surface area (Å²) in [5, 5.41) is 9.82. The van der Waals surface area contributed by atoms with Crippen LogP contribution in [-0.2, 0) is 0 Å². The molecule has 0 fully saturated rings. The lowest BCUT2D eigenvalue weighted by atomic mass is 10.1. The average Bonchev–Trinajstić information content (AvgIpc) is 2.54. The van der Waals surface area contributed by atoms with Gasteiger partial charge in [-0.25, -0.2) is 0 Å². The van der Waals surface area contributed by atoms with Gasteiger partial charge in [0.05, 0.1) is 7.11 Å². The van der Waals surface area contributed by atoms with Crippen LogP contribution in [0, 0.1) is 3.57 Å². The first-order valence-electron chi connectivity index (χ1n) is 6.61. The van der Waals surface area contributed by atoms with Crippen LogP contribution < -0.4 is 4.74 Å². The Morgan fingerprint density at radius 3 is 2.32 bits per heavy atom. The largest absolute Gasteiger partial charge is 0.508 e. The Morgan fingerprint density at radius 1 is 1.09 bits per heavy atom. The monoisotopic (exact) mass is 406 g/mol. The highest BCUT2D eigenvalue weighted by Gasteiger charge is 2.03. The van der Waals surface area contributed by atoms with Gasteiger partial charge >= 0.3 is 0 Å². The van der Waals surface area contributed by atoms with Crippen LogP contribution in [0.5, 0.6) is 5.75 Å². The molecule has 0 atom stereocenters. The van der Waals surface area contributed by atoms with Gasteiger partial charge in [0.15, 0.2) is 5.78 Å². The number of hydrogen-bond donors (Lipinski definition) is 1. The lowest BCUT2D eigenvalue weighted by molar-refractivity contribution is 0.104. The molecule has 4 heteroatoms. The van der Waals surface area contributed by atoms with Crippen molar-refractivity contribution in [3.05, 3.63) is 81.1 Å². The van der Waals surface area contributed by atoms with Crippen LogP contribution in [0.4, 0.5) is 0 Å². The molecule has 0 bridgehead atoms. The number of methoxy groups -OCH3 is 1. The Balaban J connectivity index is 2.06. The van der Waals surface area contributed by atoms with E-state index >= 15 is 0 Å². The van der Waals surface area contributed by atoms with E-state index in [0.29, 0.717) is 5.56 Å². The van der Waals surface area contributed by atoms with E-state index in [0.717, 1.165) is 14.9 Å². The Kier molecular flexibility index (Phi) is 5.77. The molecule has 0 saturated carbocycles. The topological polar surface area (TPSA) is 46.5 Å². The van der Waals surface area contributed by atoms with Crippen molar-refractivity contribution in [2.24, 2.45) is 0 Å². The first-order chi connectivity index (χ1) is 10.6. The summed E-state index contributed by atoms with van der Waals surface area (Å²) in [6, 6.07) is 14.6. The van der Waals surface area contributed by atoms with Gasteiger partial charge in [0, 0.05) is 15.2 Å². The molecule has 0 heterocycles. The normalized spacial score (nSPS) is 11.6. The van der Waals surface area contributed by atoms with Crippen LogP contribution in [0.1, 0.15) is 15.9 Å². The van der Waals surface area contributed by atoms with Crippen LogP contribution in [-0.4, -0.2) is 18.0 Å². The van der Waals surface area contributed by atoms with Crippen molar-refractivity contribution in [3.63, 3.8) is 0 Å². The lowest BCUT2D eigenvalue weighted by Gasteiger charge is -1.99. The number of benzene rings is 2. The fourth-order valence-corrected chi connectivity index (χ4v) is 2.14. The summed E-state index contributed by atoms with van der Waals surface area (Å²) in [5.74, 6) is 0.457. The quantitative estimate of drug-likeness (QED) is 0.259. The molecule has 22 heavy (non-hydrogen) atoms. The van der Waals surface area contributed by atoms with Crippen LogP contribution >= 0.6 is 22.6 Å². The van der Waals surface area contributed by atoms with E-state index < -0.39 is 0 Å². The van der Waals surface area contributed by atoms with Crippen molar-refractivity contribution in [1.29, 1.82) is 0 Å². The number of allylic oxidation sites excluding steroid dienone is 2. The summed E-state index contributed by atoms with van der Waals surface area (Å²) < 4.78 is 6.13. The minimum atomic E-state index is -0.228. The summed E-state index contributed by atoms with van der Waals surface area (Å²) in [5.41, 5.74) is 1.45. The first-order valence-corrected chi connectivity index (χ1v) is 7.69. The van der Waals surface area contributed by atoms with E-state index in [9.17, 15) is 9.90 Å². The van der Waals surface area contributed by atoms with E-state index in [4.69, 9.17) is 4.74 Å². The number of carbonyl (C=O) groups excluding carboxylic acids is 1. The number of aliphatic hydroxyl groups excluding tert-OH is 1. The second-order valence-electron chi connectivity index (χ2n) is 4.55. The molecule has 2 rings (SSSR count). The van der Waals surface area contributed by atoms with Gasteiger partial charge in [-0.05, 0) is 58.5 Å². The van der Waals surface area contributed by atoms with Crippen molar-refractivity contribution in [1.82, 2.24) is 0 Å². The minimum Gasteiger partial charge on any atom is -0.508 e. The summed E-state index contributed by atoms with van der Waals surface area (Å²) in [7, 11) is 1.61. The third-order valence-corrected chi connectivity index (χ3v) is 3.69. The fourth-order valence-electron chi connectivity index (χ4n) is 1.78. The molecule has 0 aromatic heterocycles. The Labute approximate surface area is 143 Å². The van der Waals surface area contributed by atoms with Crippen molar-refractivity contribution >= 4 is 34.5 Å². The van der Waals surface area contributed by atoms with E-state index in [2.05, 4.69) is 22.6 Å². The minimum absolute atomic E-state index is 0.0839. The van der Waals surface area contributed by atoms with E-state index in [-0.39, 0.29) is 11.5 Å². The molecule has 0 saturated heterocycles. The number of aliphatic hydroxyl groups is 1. The molecular formula is C18H15IO3. The lowest BCUT2D eigenvalue weighted by Crippen LogP contribution is -1.95. The molecule has 3 nitrogen and oxygen atoms in total. The van der Waals surface area contributed by atoms with Crippen molar-refractivity contribution in [3.8, 4) is 5.75 Å². The highest BCUT2D eigenvalue weighted by Crippen LogP contribution is 2.13. The number of hydrogen-bond acceptors (Lipinski definition) is 3. The molecule has 1 N–H and O–H groups in total. The zero-order valence-corrected chi connectivity index (χ0v) is 14.2. The smallest absolute Gasteiger partial charge is 0.189 e. The third-order valence-electron chi connectivity index (χ3n) is 2.97. The predicted molar refractivity (Wildman–Crippen MR) is 96.2 cm³/mol. The number of halogens is 1. The maximum atomic E-state index is 12.0. The van der Waals surface area contributed by atoms with Gasteiger partial charge in [-0.1, -0.05) is 30.3 Å². The molecule has 112 valence electrons. The zero-order chi connectivity index (χ0) is 15.9. The Hall–Kier alpha value is -2.08. The Morgan fingerprint density at radius 2 is 1.73 bits per heavy atom. The molecule has 0 aliphatic carbocycles. The highest BCUT2D eigenvalue weighted by molar-refractivity contribution is 14.1. The second kappa shape index (κ2) is 7.79. The van der Waals surface area contributed by atoms with Gasteiger partial charge in [0.25, 0.3) is 0 Å². The zero-order valence-electron chi connectivity index (χ0n) is 12.0. The van der Waals surface area contributed by atoms with Crippen LogP contribution in [0.25, 0.3) is 6.08 Å². The van der Waals surface area contributed by atoms with Crippen molar-refractivity contribution in [2.45, 2.75) is 0 Å². The molecular weight excluding hydrogens is 391 g/mol. The standard InChI is InChI=1S/C18H15IO3/c1-22-17-10-3-13(4-11-17)2-9-16(20)12-18(21)14-5-7-15(19)8-6-14/h2-12,20H,1H3/b9-2+,16-12-. The summed E-state index contributed by atoms with van der Waals surface area (Å²) in [4.78, 5) is 12.0. The van der Waals surface area contributed by atoms with Gasteiger partial charge in [-0.2, -0.15) is 0 Å². The van der Waals surface area contributed by atoms with Crippen molar-refractivity contribution in [2.75, 3.05) is 7.11 Å². The molecule has 0 radical (unpaired) electrons. The molecule has 0 aliphatic rings. The summed E-state index contributed by atoms with van der Waals surface area (Å²) in [6.07, 6.45) is 4.43. The van der Waals surface area contributed by atoms with E-state index in [1.165, 1.54) is 12.2 Å². The van der Waals surface area contributed by atoms with Gasteiger partial charge in [0.2, 0.25) is 0 Å². The number of ketones is 1. The predicted octanol–water partition coefficient (Wildman–Crippen LogP) is 4.64. The van der Waals surface area contributed by atoms with E-state index in [1.807, 2.05) is 36.4 Å².